The third kappa shape index (κ3) is 3.98. The molecule has 1 nitrogen and oxygen atoms in total. The van der Waals surface area contributed by atoms with Crippen molar-refractivity contribution < 1.29 is 4.48 Å². The second-order valence-corrected chi connectivity index (χ2v) is 6.18. The lowest BCUT2D eigenvalue weighted by molar-refractivity contribution is -0.923. The second-order valence-electron chi connectivity index (χ2n) is 6.18. The Morgan fingerprint density at radius 1 is 0.682 bits per heavy atom. The predicted molar refractivity (Wildman–Crippen MR) is 96.1 cm³/mol. The van der Waals surface area contributed by atoms with Crippen LogP contribution >= 0.6 is 0 Å². The quantitative estimate of drug-likeness (QED) is 0.596. The molecule has 0 atom stereocenters. The van der Waals surface area contributed by atoms with Gasteiger partial charge in [-0.05, 0) is 31.9 Å². The summed E-state index contributed by atoms with van der Waals surface area (Å²) in [5, 5.41) is 0. The van der Waals surface area contributed by atoms with Crippen LogP contribution in [0.2, 0.25) is 0 Å². The van der Waals surface area contributed by atoms with E-state index in [-0.39, 0.29) is 0 Å². The topological polar surface area (TPSA) is 0 Å². The molecule has 118 valence electrons. The van der Waals surface area contributed by atoms with Crippen LogP contribution in [0.3, 0.4) is 0 Å². The number of nitrogens with zero attached hydrogens (tertiary/aromatic N) is 1. The van der Waals surface area contributed by atoms with Crippen molar-refractivity contribution in [1.29, 1.82) is 0 Å². The molecule has 0 fully saturated rings. The first kappa shape index (κ1) is 16.8. The second kappa shape index (κ2) is 8.14. The van der Waals surface area contributed by atoms with Crippen molar-refractivity contribution in [2.45, 2.75) is 33.1 Å². The van der Waals surface area contributed by atoms with Crippen molar-refractivity contribution in [3.8, 4) is 0 Å². The molecule has 2 aromatic carbocycles. The molecule has 2 rings (SSSR count). The SMILES string of the molecule is CC[N+](CC)(CC)CCC(c1ccccc1)c1ccccc1. The fourth-order valence-electron chi connectivity index (χ4n) is 3.44. The lowest BCUT2D eigenvalue weighted by Gasteiger charge is -2.37. The van der Waals surface area contributed by atoms with E-state index < -0.39 is 0 Å². The van der Waals surface area contributed by atoms with Crippen molar-refractivity contribution in [3.63, 3.8) is 0 Å². The predicted octanol–water partition coefficient (Wildman–Crippen LogP) is 5.09. The van der Waals surface area contributed by atoms with E-state index in [2.05, 4.69) is 81.4 Å². The zero-order valence-electron chi connectivity index (χ0n) is 14.3. The number of benzene rings is 2. The van der Waals surface area contributed by atoms with Crippen LogP contribution in [0.5, 0.6) is 0 Å². The molecule has 0 spiro atoms. The minimum absolute atomic E-state index is 0.504. The molecule has 0 heterocycles. The van der Waals surface area contributed by atoms with Crippen LogP contribution < -0.4 is 0 Å². The van der Waals surface area contributed by atoms with E-state index in [9.17, 15) is 0 Å². The lowest BCUT2D eigenvalue weighted by Crippen LogP contribution is -2.48. The van der Waals surface area contributed by atoms with Crippen LogP contribution in [-0.4, -0.2) is 30.7 Å². The molecule has 0 radical (unpaired) electrons. The average molecular weight is 296 g/mol. The van der Waals surface area contributed by atoms with Gasteiger partial charge in [0.25, 0.3) is 0 Å². The third-order valence-electron chi connectivity index (χ3n) is 5.31. The largest absolute Gasteiger partial charge is 0.324 e. The maximum atomic E-state index is 2.33. The highest BCUT2D eigenvalue weighted by atomic mass is 15.3. The summed E-state index contributed by atoms with van der Waals surface area (Å²) >= 11 is 0. The van der Waals surface area contributed by atoms with E-state index in [1.54, 1.807) is 0 Å². The van der Waals surface area contributed by atoms with E-state index in [4.69, 9.17) is 0 Å². The van der Waals surface area contributed by atoms with Gasteiger partial charge in [-0.2, -0.15) is 0 Å². The third-order valence-corrected chi connectivity index (χ3v) is 5.31. The van der Waals surface area contributed by atoms with Crippen LogP contribution in [0.15, 0.2) is 60.7 Å². The summed E-state index contributed by atoms with van der Waals surface area (Å²) in [5.74, 6) is 0.504. The van der Waals surface area contributed by atoms with E-state index in [0.717, 1.165) is 0 Å². The number of rotatable bonds is 8. The van der Waals surface area contributed by atoms with Gasteiger partial charge in [-0.15, -0.1) is 0 Å². The molecule has 0 bridgehead atoms. The summed E-state index contributed by atoms with van der Waals surface area (Å²) < 4.78 is 1.22. The first-order valence-electron chi connectivity index (χ1n) is 8.69. The maximum Gasteiger partial charge on any atom is 0.0795 e. The Morgan fingerprint density at radius 3 is 1.45 bits per heavy atom. The van der Waals surface area contributed by atoms with Gasteiger partial charge in [-0.1, -0.05) is 60.7 Å². The Kier molecular flexibility index (Phi) is 6.21. The highest BCUT2D eigenvalue weighted by molar-refractivity contribution is 5.32. The monoisotopic (exact) mass is 296 g/mol. The molecule has 0 N–H and O–H groups in total. The number of hydrogen-bond acceptors (Lipinski definition) is 0. The van der Waals surface area contributed by atoms with Crippen molar-refractivity contribution in [1.82, 2.24) is 0 Å². The number of quaternary nitrogens is 1. The Bertz CT molecular complexity index is 481. The standard InChI is InChI=1S/C21H30N/c1-4-22(5-2,6-3)18-17-21(19-13-9-7-10-14-19)20-15-11-8-12-16-20/h7-16,21H,4-6,17-18H2,1-3H3/q+1. The molecular weight excluding hydrogens is 266 g/mol. The van der Waals surface area contributed by atoms with Gasteiger partial charge in [0.15, 0.2) is 0 Å². The van der Waals surface area contributed by atoms with Crippen LogP contribution in [0.4, 0.5) is 0 Å². The minimum atomic E-state index is 0.504. The Morgan fingerprint density at radius 2 is 1.09 bits per heavy atom. The van der Waals surface area contributed by atoms with Gasteiger partial charge in [-0.25, -0.2) is 0 Å². The molecule has 22 heavy (non-hydrogen) atoms. The van der Waals surface area contributed by atoms with Crippen LogP contribution in [0, 0.1) is 0 Å². The minimum Gasteiger partial charge on any atom is -0.324 e. The van der Waals surface area contributed by atoms with Gasteiger partial charge >= 0.3 is 0 Å². The first-order chi connectivity index (χ1) is 10.7. The summed E-state index contributed by atoms with van der Waals surface area (Å²) in [4.78, 5) is 0. The van der Waals surface area contributed by atoms with E-state index in [1.165, 1.54) is 48.2 Å². The Labute approximate surface area is 136 Å². The first-order valence-corrected chi connectivity index (χ1v) is 8.69. The van der Waals surface area contributed by atoms with Crippen molar-refractivity contribution in [2.75, 3.05) is 26.2 Å². The highest BCUT2D eigenvalue weighted by Crippen LogP contribution is 2.29. The molecule has 0 aliphatic rings. The molecule has 0 amide bonds. The van der Waals surface area contributed by atoms with E-state index in [0.29, 0.717) is 5.92 Å². The van der Waals surface area contributed by atoms with Gasteiger partial charge in [0.2, 0.25) is 0 Å². The van der Waals surface area contributed by atoms with Crippen molar-refractivity contribution in [2.24, 2.45) is 0 Å². The zero-order valence-corrected chi connectivity index (χ0v) is 14.3. The Balaban J connectivity index is 2.23. The van der Waals surface area contributed by atoms with Crippen LogP contribution in [-0.2, 0) is 0 Å². The van der Waals surface area contributed by atoms with E-state index in [1.807, 2.05) is 0 Å². The average Bonchev–Trinajstić information content (AvgIpc) is 2.61. The highest BCUT2D eigenvalue weighted by Gasteiger charge is 2.24. The fraction of sp³-hybridized carbons (Fsp3) is 0.429. The lowest BCUT2D eigenvalue weighted by atomic mass is 9.88. The maximum absolute atomic E-state index is 2.33. The smallest absolute Gasteiger partial charge is 0.0795 e. The number of hydrogen-bond donors (Lipinski definition) is 0. The molecular formula is C21H30N+. The zero-order chi connectivity index (χ0) is 15.8. The molecule has 2 aromatic rings. The van der Waals surface area contributed by atoms with Gasteiger partial charge in [-0.3, -0.25) is 0 Å². The van der Waals surface area contributed by atoms with Gasteiger partial charge in [0.05, 0.1) is 26.2 Å². The van der Waals surface area contributed by atoms with E-state index >= 15 is 0 Å². The normalized spacial score (nSPS) is 11.8. The summed E-state index contributed by atoms with van der Waals surface area (Å²) in [6, 6.07) is 21.9. The van der Waals surface area contributed by atoms with Crippen LogP contribution in [0.25, 0.3) is 0 Å². The molecule has 0 unspecified atom stereocenters. The van der Waals surface area contributed by atoms with Crippen LogP contribution in [0.1, 0.15) is 44.2 Å². The molecule has 0 aliphatic carbocycles. The van der Waals surface area contributed by atoms with Crippen molar-refractivity contribution in [3.05, 3.63) is 71.8 Å². The Hall–Kier alpha value is -1.60. The molecule has 0 aromatic heterocycles. The summed E-state index contributed by atoms with van der Waals surface area (Å²) in [7, 11) is 0. The fourth-order valence-corrected chi connectivity index (χ4v) is 3.44. The molecule has 1 heteroatoms. The molecule has 0 saturated heterocycles. The molecule has 0 aliphatic heterocycles. The van der Waals surface area contributed by atoms with Crippen molar-refractivity contribution >= 4 is 0 Å². The van der Waals surface area contributed by atoms with Gasteiger partial charge in [0.1, 0.15) is 0 Å². The van der Waals surface area contributed by atoms with Gasteiger partial charge < -0.3 is 4.48 Å². The summed E-state index contributed by atoms with van der Waals surface area (Å²) in [6.07, 6.45) is 1.21. The summed E-state index contributed by atoms with van der Waals surface area (Å²) in [6.45, 7) is 11.9. The summed E-state index contributed by atoms with van der Waals surface area (Å²) in [5.41, 5.74) is 2.88. The van der Waals surface area contributed by atoms with Gasteiger partial charge in [0, 0.05) is 12.3 Å². The molecule has 0 saturated carbocycles.